The number of rotatable bonds is 3. The van der Waals surface area contributed by atoms with Crippen molar-refractivity contribution in [2.45, 2.75) is 38.9 Å². The normalized spacial score (nSPS) is 19.9. The van der Waals surface area contributed by atoms with Crippen molar-refractivity contribution in [1.82, 2.24) is 0 Å². The monoisotopic (exact) mass is 344 g/mol. The molecule has 2 aromatic rings. The van der Waals surface area contributed by atoms with Gasteiger partial charge in [-0.2, -0.15) is 12.6 Å². The molecular weight excluding hydrogens is 323 g/mol. The van der Waals surface area contributed by atoms with Crippen LogP contribution in [0.2, 0.25) is 0 Å². The van der Waals surface area contributed by atoms with Gasteiger partial charge in [-0.1, -0.05) is 12.1 Å². The Labute approximate surface area is 147 Å². The Morgan fingerprint density at radius 2 is 1.83 bits per heavy atom. The zero-order chi connectivity index (χ0) is 17.5. The van der Waals surface area contributed by atoms with Gasteiger partial charge in [-0.3, -0.25) is 4.79 Å². The summed E-state index contributed by atoms with van der Waals surface area (Å²) in [5.74, 6) is 0.498. The number of fused-ring (bicyclic) bond motifs is 1. The third-order valence-electron chi connectivity index (χ3n) is 4.77. The first-order valence-electron chi connectivity index (χ1n) is 7.92. The maximum absolute atomic E-state index is 12.0. The molecule has 0 saturated carbocycles. The van der Waals surface area contributed by atoms with Crippen molar-refractivity contribution in [3.8, 4) is 0 Å². The lowest BCUT2D eigenvalue weighted by Crippen LogP contribution is -2.41. The van der Waals surface area contributed by atoms with Gasteiger partial charge in [0, 0.05) is 11.8 Å². The summed E-state index contributed by atoms with van der Waals surface area (Å²) in [5.41, 5.74) is 1.52. The lowest BCUT2D eigenvalue weighted by atomic mass is 9.78. The van der Waals surface area contributed by atoms with Gasteiger partial charge >= 0.3 is 7.12 Å². The molecule has 1 aromatic carbocycles. The van der Waals surface area contributed by atoms with E-state index in [1.807, 2.05) is 45.9 Å². The molecular formula is C18H21BO4S. The molecule has 3 rings (SSSR count). The largest absolute Gasteiger partial charge is 0.491 e. The Bertz CT molecular complexity index is 837. The van der Waals surface area contributed by atoms with Crippen LogP contribution in [0.5, 0.6) is 0 Å². The second-order valence-corrected chi connectivity index (χ2v) is 7.32. The van der Waals surface area contributed by atoms with Gasteiger partial charge in [-0.05, 0) is 50.9 Å². The molecule has 0 aliphatic carbocycles. The molecule has 2 heterocycles. The molecule has 0 bridgehead atoms. The van der Waals surface area contributed by atoms with Crippen molar-refractivity contribution in [3.05, 3.63) is 51.8 Å². The molecule has 0 radical (unpaired) electrons. The second kappa shape index (κ2) is 6.10. The summed E-state index contributed by atoms with van der Waals surface area (Å²) in [6.45, 7) is 8.07. The minimum absolute atomic E-state index is 0.0606. The molecule has 6 heteroatoms. The molecule has 126 valence electrons. The van der Waals surface area contributed by atoms with E-state index in [1.165, 1.54) is 12.3 Å². The third-order valence-corrected chi connectivity index (χ3v) is 5.14. The molecule has 0 unspecified atom stereocenters. The Kier molecular flexibility index (Phi) is 4.40. The van der Waals surface area contributed by atoms with Crippen LogP contribution >= 0.6 is 12.6 Å². The van der Waals surface area contributed by atoms with Crippen LogP contribution in [0.4, 0.5) is 0 Å². The van der Waals surface area contributed by atoms with Crippen LogP contribution in [-0.4, -0.2) is 24.1 Å². The number of benzene rings is 1. The molecule has 1 saturated heterocycles. The highest BCUT2D eigenvalue weighted by Crippen LogP contribution is 2.39. The van der Waals surface area contributed by atoms with E-state index < -0.39 is 18.3 Å². The smallest absolute Gasteiger partial charge is 0.464 e. The molecule has 1 aliphatic rings. The summed E-state index contributed by atoms with van der Waals surface area (Å²) in [7, 11) is -0.449. The van der Waals surface area contributed by atoms with Gasteiger partial charge in [0.2, 0.25) is 0 Å². The maximum Gasteiger partial charge on any atom is 0.491 e. The summed E-state index contributed by atoms with van der Waals surface area (Å²) < 4.78 is 17.5. The van der Waals surface area contributed by atoms with Crippen LogP contribution < -0.4 is 5.43 Å². The van der Waals surface area contributed by atoms with E-state index in [0.29, 0.717) is 16.7 Å². The van der Waals surface area contributed by atoms with Gasteiger partial charge < -0.3 is 13.7 Å². The predicted molar refractivity (Wildman–Crippen MR) is 100 cm³/mol. The van der Waals surface area contributed by atoms with Crippen LogP contribution in [0.1, 0.15) is 33.3 Å². The highest BCUT2D eigenvalue weighted by atomic mass is 32.1. The molecule has 0 atom stereocenters. The van der Waals surface area contributed by atoms with E-state index >= 15 is 0 Å². The second-order valence-electron chi connectivity index (χ2n) is 7.01. The molecule has 0 spiro atoms. The van der Waals surface area contributed by atoms with Crippen LogP contribution in [-0.2, 0) is 9.31 Å². The summed E-state index contributed by atoms with van der Waals surface area (Å²) in [5, 5.41) is 0.554. The zero-order valence-corrected chi connectivity index (χ0v) is 15.2. The Morgan fingerprint density at radius 1 is 1.17 bits per heavy atom. The minimum Gasteiger partial charge on any atom is -0.464 e. The van der Waals surface area contributed by atoms with Gasteiger partial charge in [0.1, 0.15) is 5.58 Å². The van der Waals surface area contributed by atoms with E-state index in [2.05, 4.69) is 12.6 Å². The highest BCUT2D eigenvalue weighted by Gasteiger charge is 2.52. The molecule has 24 heavy (non-hydrogen) atoms. The van der Waals surface area contributed by atoms with Crippen molar-refractivity contribution < 1.29 is 13.7 Å². The standard InChI is InChI=1S/C18H21BO4S/c1-17(2)18(3,4)23-19(22-17)13(11-24)9-12-5-6-16-14(10-12)15(20)7-8-21-16/h5-10,24H,11H2,1-4H3. The topological polar surface area (TPSA) is 48.7 Å². The van der Waals surface area contributed by atoms with Crippen LogP contribution in [0, 0.1) is 0 Å². The van der Waals surface area contributed by atoms with Crippen molar-refractivity contribution in [1.29, 1.82) is 0 Å². The lowest BCUT2D eigenvalue weighted by Gasteiger charge is -2.32. The minimum atomic E-state index is -0.449. The zero-order valence-electron chi connectivity index (χ0n) is 14.3. The summed E-state index contributed by atoms with van der Waals surface area (Å²) in [6, 6.07) is 6.93. The van der Waals surface area contributed by atoms with Gasteiger partial charge in [-0.25, -0.2) is 0 Å². The first-order valence-corrected chi connectivity index (χ1v) is 8.55. The molecule has 1 aromatic heterocycles. The van der Waals surface area contributed by atoms with Gasteiger partial charge in [0.25, 0.3) is 0 Å². The number of thiol groups is 1. The van der Waals surface area contributed by atoms with Crippen molar-refractivity contribution in [2.75, 3.05) is 5.75 Å². The predicted octanol–water partition coefficient (Wildman–Crippen LogP) is 3.74. The fourth-order valence-corrected chi connectivity index (χ4v) is 2.83. The van der Waals surface area contributed by atoms with Crippen LogP contribution in [0.15, 0.2) is 45.2 Å². The third kappa shape index (κ3) is 3.06. The Hall–Kier alpha value is -1.50. The Balaban J connectivity index is 1.97. The maximum atomic E-state index is 12.0. The van der Waals surface area contributed by atoms with Gasteiger partial charge in [0.05, 0.1) is 22.9 Å². The Morgan fingerprint density at radius 3 is 2.46 bits per heavy atom. The summed E-state index contributed by atoms with van der Waals surface area (Å²) >= 11 is 4.42. The molecule has 0 amide bonds. The van der Waals surface area contributed by atoms with E-state index in [-0.39, 0.29) is 5.43 Å². The molecule has 1 aliphatic heterocycles. The van der Waals surface area contributed by atoms with E-state index in [0.717, 1.165) is 11.0 Å². The molecule has 4 nitrogen and oxygen atoms in total. The summed E-state index contributed by atoms with van der Waals surface area (Å²) in [6.07, 6.45) is 3.37. The van der Waals surface area contributed by atoms with Crippen LogP contribution in [0.3, 0.4) is 0 Å². The van der Waals surface area contributed by atoms with Crippen molar-refractivity contribution >= 4 is 36.8 Å². The van der Waals surface area contributed by atoms with E-state index in [9.17, 15) is 4.79 Å². The van der Waals surface area contributed by atoms with Crippen LogP contribution in [0.25, 0.3) is 17.0 Å². The summed E-state index contributed by atoms with van der Waals surface area (Å²) in [4.78, 5) is 12.0. The fourth-order valence-electron chi connectivity index (χ4n) is 2.59. The number of hydrogen-bond donors (Lipinski definition) is 1. The van der Waals surface area contributed by atoms with Crippen molar-refractivity contribution in [3.63, 3.8) is 0 Å². The average Bonchev–Trinajstić information content (AvgIpc) is 2.73. The van der Waals surface area contributed by atoms with E-state index in [1.54, 1.807) is 6.07 Å². The first kappa shape index (κ1) is 17.3. The van der Waals surface area contributed by atoms with Crippen molar-refractivity contribution in [2.24, 2.45) is 0 Å². The average molecular weight is 344 g/mol. The van der Waals surface area contributed by atoms with E-state index in [4.69, 9.17) is 13.7 Å². The SMILES string of the molecule is CC1(C)OB(C(=Cc2ccc3occc(=O)c3c2)CS)OC1(C)C. The first-order chi connectivity index (χ1) is 11.2. The highest BCUT2D eigenvalue weighted by molar-refractivity contribution is 7.80. The fraction of sp³-hybridized carbons (Fsp3) is 0.389. The molecule has 1 fully saturated rings. The molecule has 0 N–H and O–H groups in total. The van der Waals surface area contributed by atoms with Gasteiger partial charge in [0.15, 0.2) is 5.43 Å². The van der Waals surface area contributed by atoms with Gasteiger partial charge in [-0.15, -0.1) is 0 Å². The lowest BCUT2D eigenvalue weighted by molar-refractivity contribution is 0.00578. The quantitative estimate of drug-likeness (QED) is 0.681. The number of hydrogen-bond acceptors (Lipinski definition) is 5.